The molecule has 30 heavy (non-hydrogen) atoms. The third-order valence-electron chi connectivity index (χ3n) is 5.27. The van der Waals surface area contributed by atoms with Gasteiger partial charge >= 0.3 is 0 Å². The summed E-state index contributed by atoms with van der Waals surface area (Å²) in [6, 6.07) is 10.5. The number of pyridine rings is 1. The maximum Gasteiger partial charge on any atom is 0.270 e. The van der Waals surface area contributed by atoms with Crippen LogP contribution in [0.2, 0.25) is 5.02 Å². The maximum atomic E-state index is 13.0. The molecule has 3 aromatic rings. The Morgan fingerprint density at radius 1 is 0.967 bits per heavy atom. The molecule has 1 aromatic carbocycles. The lowest BCUT2D eigenvalue weighted by molar-refractivity contribution is 0.0717. The van der Waals surface area contributed by atoms with Crippen LogP contribution in [0, 0.1) is 6.92 Å². The zero-order valence-corrected chi connectivity index (χ0v) is 17.3. The lowest BCUT2D eigenvalue weighted by atomic mass is 10.2. The molecule has 0 spiro atoms. The summed E-state index contributed by atoms with van der Waals surface area (Å²) in [5, 5.41) is 0.408. The van der Waals surface area contributed by atoms with Gasteiger partial charge in [0.15, 0.2) is 0 Å². The Morgan fingerprint density at radius 3 is 2.33 bits per heavy atom. The Hall–Kier alpha value is -3.19. The van der Waals surface area contributed by atoms with Crippen molar-refractivity contribution < 1.29 is 9.59 Å². The van der Waals surface area contributed by atoms with Crippen molar-refractivity contribution in [1.29, 1.82) is 0 Å². The molecule has 8 heteroatoms. The topological polar surface area (TPSA) is 75.0 Å². The number of amides is 2. The van der Waals surface area contributed by atoms with Crippen LogP contribution in [0.3, 0.4) is 0 Å². The molecule has 0 N–H and O–H groups in total. The molecule has 0 atom stereocenters. The minimum atomic E-state index is -0.391. The number of hydrogen-bond donors (Lipinski definition) is 0. The predicted octanol–water partition coefficient (Wildman–Crippen LogP) is 2.64. The second-order valence-electron chi connectivity index (χ2n) is 7.33. The number of aromatic nitrogens is 2. The van der Waals surface area contributed by atoms with E-state index in [0.29, 0.717) is 48.8 Å². The van der Waals surface area contributed by atoms with Crippen LogP contribution < -0.4 is 5.56 Å². The van der Waals surface area contributed by atoms with Gasteiger partial charge in [-0.05, 0) is 43.2 Å². The van der Waals surface area contributed by atoms with Gasteiger partial charge in [0, 0.05) is 38.6 Å². The number of fused-ring (bicyclic) bond motifs is 1. The third kappa shape index (κ3) is 3.80. The van der Waals surface area contributed by atoms with Crippen LogP contribution in [-0.4, -0.2) is 57.2 Å². The van der Waals surface area contributed by atoms with Crippen molar-refractivity contribution >= 4 is 29.1 Å². The summed E-state index contributed by atoms with van der Waals surface area (Å²) in [4.78, 5) is 46.2. The standard InChI is InChI=1S/C22H21ClN4O3/c1-15-7-10-27-19(13-15)24-14-17(22(27)30)21(29)26-9-4-8-25(11-12-26)20(28)16-5-2-3-6-18(16)23/h2-3,5-7,10,13-14H,4,8-9,11-12H2,1H3. The molecule has 0 radical (unpaired) electrons. The summed E-state index contributed by atoms with van der Waals surface area (Å²) >= 11 is 6.16. The number of carbonyl (C=O) groups excluding carboxylic acids is 2. The molecule has 1 aliphatic heterocycles. The highest BCUT2D eigenvalue weighted by Crippen LogP contribution is 2.18. The van der Waals surface area contributed by atoms with Gasteiger partial charge in [0.2, 0.25) is 0 Å². The molecule has 1 saturated heterocycles. The Bertz CT molecular complexity index is 1190. The summed E-state index contributed by atoms with van der Waals surface area (Å²) in [7, 11) is 0. The van der Waals surface area contributed by atoms with Gasteiger partial charge in [0.05, 0.1) is 10.6 Å². The summed E-state index contributed by atoms with van der Waals surface area (Å²) < 4.78 is 1.38. The fourth-order valence-electron chi connectivity index (χ4n) is 3.62. The van der Waals surface area contributed by atoms with Gasteiger partial charge in [-0.15, -0.1) is 0 Å². The van der Waals surface area contributed by atoms with Crippen molar-refractivity contribution in [3.8, 4) is 0 Å². The highest BCUT2D eigenvalue weighted by Gasteiger charge is 2.26. The molecule has 7 nitrogen and oxygen atoms in total. The maximum absolute atomic E-state index is 13.0. The Balaban J connectivity index is 1.53. The fraction of sp³-hybridized carbons (Fsp3) is 0.273. The number of nitrogens with zero attached hydrogens (tertiary/aromatic N) is 4. The van der Waals surface area contributed by atoms with Gasteiger partial charge in [-0.2, -0.15) is 0 Å². The van der Waals surface area contributed by atoms with Crippen LogP contribution in [-0.2, 0) is 0 Å². The lowest BCUT2D eigenvalue weighted by Gasteiger charge is -2.22. The van der Waals surface area contributed by atoms with E-state index in [4.69, 9.17) is 11.6 Å². The summed E-state index contributed by atoms with van der Waals surface area (Å²) in [6.07, 6.45) is 3.59. The van der Waals surface area contributed by atoms with Crippen LogP contribution >= 0.6 is 11.6 Å². The lowest BCUT2D eigenvalue weighted by Crippen LogP contribution is -2.39. The summed E-state index contributed by atoms with van der Waals surface area (Å²) in [5.41, 5.74) is 1.58. The SMILES string of the molecule is Cc1ccn2c(=O)c(C(=O)N3CCCN(C(=O)c4ccccc4Cl)CC3)cnc2c1. The summed E-state index contributed by atoms with van der Waals surface area (Å²) in [5.74, 6) is -0.521. The molecular formula is C22H21ClN4O3. The smallest absolute Gasteiger partial charge is 0.270 e. The number of aryl methyl sites for hydroxylation is 1. The average Bonchev–Trinajstić information content (AvgIpc) is 3.00. The minimum absolute atomic E-state index is 0.0298. The second-order valence-corrected chi connectivity index (χ2v) is 7.73. The largest absolute Gasteiger partial charge is 0.337 e. The number of halogens is 1. The van der Waals surface area contributed by atoms with Crippen LogP contribution in [0.5, 0.6) is 0 Å². The van der Waals surface area contributed by atoms with Crippen LogP contribution in [0.15, 0.2) is 53.6 Å². The number of rotatable bonds is 2. The molecule has 0 saturated carbocycles. The number of hydrogen-bond acceptors (Lipinski definition) is 4. The quantitative estimate of drug-likeness (QED) is 0.633. The highest BCUT2D eigenvalue weighted by molar-refractivity contribution is 6.33. The van der Waals surface area contributed by atoms with E-state index < -0.39 is 5.56 Å². The Kier molecular flexibility index (Phi) is 5.55. The first-order valence-electron chi connectivity index (χ1n) is 9.77. The normalized spacial score (nSPS) is 14.6. The molecular weight excluding hydrogens is 404 g/mol. The first-order valence-corrected chi connectivity index (χ1v) is 10.1. The van der Waals surface area contributed by atoms with Crippen molar-refractivity contribution in [2.45, 2.75) is 13.3 Å². The molecule has 2 amide bonds. The molecule has 2 aromatic heterocycles. The molecule has 0 bridgehead atoms. The van der Waals surface area contributed by atoms with Gasteiger partial charge < -0.3 is 9.80 Å². The Morgan fingerprint density at radius 2 is 1.63 bits per heavy atom. The molecule has 4 rings (SSSR count). The number of benzene rings is 1. The number of carbonyl (C=O) groups is 2. The van der Waals surface area contributed by atoms with Crippen molar-refractivity contribution in [1.82, 2.24) is 19.2 Å². The van der Waals surface area contributed by atoms with E-state index in [-0.39, 0.29) is 17.4 Å². The van der Waals surface area contributed by atoms with Gasteiger partial charge in [-0.25, -0.2) is 4.98 Å². The molecule has 1 aliphatic rings. The zero-order chi connectivity index (χ0) is 21.3. The third-order valence-corrected chi connectivity index (χ3v) is 5.60. The fourth-order valence-corrected chi connectivity index (χ4v) is 3.84. The molecule has 1 fully saturated rings. The first-order chi connectivity index (χ1) is 14.5. The Labute approximate surface area is 178 Å². The van der Waals surface area contributed by atoms with E-state index in [2.05, 4.69) is 4.98 Å². The van der Waals surface area contributed by atoms with Crippen molar-refractivity contribution in [2.75, 3.05) is 26.2 Å². The van der Waals surface area contributed by atoms with E-state index in [1.54, 1.807) is 52.4 Å². The molecule has 0 unspecified atom stereocenters. The van der Waals surface area contributed by atoms with E-state index in [1.165, 1.54) is 10.6 Å². The second kappa shape index (κ2) is 8.28. The van der Waals surface area contributed by atoms with Crippen molar-refractivity contribution in [2.24, 2.45) is 0 Å². The van der Waals surface area contributed by atoms with Crippen LogP contribution in [0.25, 0.3) is 5.65 Å². The van der Waals surface area contributed by atoms with Crippen LogP contribution in [0.4, 0.5) is 0 Å². The van der Waals surface area contributed by atoms with Gasteiger partial charge in [0.25, 0.3) is 17.4 Å². The summed E-state index contributed by atoms with van der Waals surface area (Å²) in [6.45, 7) is 3.60. The van der Waals surface area contributed by atoms with Gasteiger partial charge in [-0.1, -0.05) is 23.7 Å². The van der Waals surface area contributed by atoms with E-state index >= 15 is 0 Å². The molecule has 0 aliphatic carbocycles. The first kappa shape index (κ1) is 20.1. The monoisotopic (exact) mass is 424 g/mol. The van der Waals surface area contributed by atoms with E-state index in [0.717, 1.165) is 5.56 Å². The van der Waals surface area contributed by atoms with Crippen molar-refractivity contribution in [3.05, 3.63) is 80.9 Å². The molecule has 3 heterocycles. The predicted molar refractivity (Wildman–Crippen MR) is 114 cm³/mol. The van der Waals surface area contributed by atoms with Crippen molar-refractivity contribution in [3.63, 3.8) is 0 Å². The van der Waals surface area contributed by atoms with E-state index in [1.807, 2.05) is 6.92 Å². The zero-order valence-electron chi connectivity index (χ0n) is 16.5. The highest BCUT2D eigenvalue weighted by atomic mass is 35.5. The van der Waals surface area contributed by atoms with E-state index in [9.17, 15) is 14.4 Å². The molecule has 154 valence electrons. The van der Waals surface area contributed by atoms with Gasteiger partial charge in [-0.3, -0.25) is 18.8 Å². The average molecular weight is 425 g/mol. The van der Waals surface area contributed by atoms with Crippen LogP contribution in [0.1, 0.15) is 32.7 Å². The van der Waals surface area contributed by atoms with Gasteiger partial charge in [0.1, 0.15) is 11.2 Å². The minimum Gasteiger partial charge on any atom is -0.337 e.